The van der Waals surface area contributed by atoms with Crippen molar-refractivity contribution in [3.05, 3.63) is 41.3 Å². The minimum Gasteiger partial charge on any atom is -0.355 e. The van der Waals surface area contributed by atoms with Gasteiger partial charge < -0.3 is 14.7 Å². The Bertz CT molecular complexity index is 1030. The van der Waals surface area contributed by atoms with E-state index in [1.165, 1.54) is 10.5 Å². The van der Waals surface area contributed by atoms with Crippen molar-refractivity contribution in [2.45, 2.75) is 38.0 Å². The molecule has 30 heavy (non-hydrogen) atoms. The summed E-state index contributed by atoms with van der Waals surface area (Å²) >= 11 is 1.73. The van der Waals surface area contributed by atoms with E-state index in [1.807, 2.05) is 13.8 Å². The van der Waals surface area contributed by atoms with E-state index in [1.54, 1.807) is 11.8 Å². The maximum atomic E-state index is 12.8. The molecule has 7 nitrogen and oxygen atoms in total. The topological polar surface area (TPSA) is 84.2 Å². The number of hydrogen-bond acceptors (Lipinski definition) is 7. The predicted molar refractivity (Wildman–Crippen MR) is 119 cm³/mol. The van der Waals surface area contributed by atoms with Gasteiger partial charge in [-0.25, -0.2) is 4.98 Å². The lowest BCUT2D eigenvalue weighted by molar-refractivity contribution is -0.125. The largest absolute Gasteiger partial charge is 0.355 e. The Balaban J connectivity index is 1.39. The third kappa shape index (κ3) is 4.43. The number of piperidine rings is 1. The van der Waals surface area contributed by atoms with Crippen molar-refractivity contribution in [3.8, 4) is 0 Å². The molecule has 3 heterocycles. The van der Waals surface area contributed by atoms with Crippen molar-refractivity contribution in [2.75, 3.05) is 30.8 Å². The van der Waals surface area contributed by atoms with E-state index in [-0.39, 0.29) is 11.8 Å². The summed E-state index contributed by atoms with van der Waals surface area (Å²) in [4.78, 5) is 25.2. The smallest absolute Gasteiger partial charge is 0.263 e. The average Bonchev–Trinajstić information content (AvgIpc) is 3.14. The second-order valence-corrected chi connectivity index (χ2v) is 8.60. The highest BCUT2D eigenvalue weighted by molar-refractivity contribution is 7.98. The van der Waals surface area contributed by atoms with E-state index < -0.39 is 0 Å². The van der Waals surface area contributed by atoms with Gasteiger partial charge in [0.25, 0.3) is 5.71 Å². The van der Waals surface area contributed by atoms with Gasteiger partial charge in [0.1, 0.15) is 17.0 Å². The summed E-state index contributed by atoms with van der Waals surface area (Å²) in [5.74, 6) is 1.53. The Morgan fingerprint density at radius 1 is 1.27 bits per heavy atom. The molecule has 1 saturated heterocycles. The van der Waals surface area contributed by atoms with Gasteiger partial charge in [-0.15, -0.1) is 11.8 Å². The van der Waals surface area contributed by atoms with Crippen LogP contribution in [0.25, 0.3) is 11.1 Å². The van der Waals surface area contributed by atoms with Gasteiger partial charge in [0.2, 0.25) is 5.91 Å². The van der Waals surface area contributed by atoms with Gasteiger partial charge in [0.05, 0.1) is 11.6 Å². The lowest BCUT2D eigenvalue weighted by Gasteiger charge is -2.33. The van der Waals surface area contributed by atoms with Gasteiger partial charge in [-0.1, -0.05) is 17.3 Å². The van der Waals surface area contributed by atoms with Gasteiger partial charge in [0, 0.05) is 24.5 Å². The summed E-state index contributed by atoms with van der Waals surface area (Å²) < 4.78 is 5.34. The first-order valence-corrected chi connectivity index (χ1v) is 11.5. The van der Waals surface area contributed by atoms with Gasteiger partial charge in [-0.3, -0.25) is 4.79 Å². The Morgan fingerprint density at radius 2 is 2.07 bits per heavy atom. The van der Waals surface area contributed by atoms with E-state index in [9.17, 15) is 4.79 Å². The number of nitrogens with zero attached hydrogens (tertiary/aromatic N) is 4. The van der Waals surface area contributed by atoms with Crippen molar-refractivity contribution in [1.82, 2.24) is 20.4 Å². The van der Waals surface area contributed by atoms with Crippen LogP contribution in [-0.2, 0) is 11.2 Å². The first kappa shape index (κ1) is 20.7. The molecule has 0 aliphatic carbocycles. The molecule has 0 spiro atoms. The SMILES string of the molecule is CSc1ccc(CCNC(=O)[C@H]2CCCN(c3nc(C)nc4onc(C)c34)C2)cc1. The fourth-order valence-corrected chi connectivity index (χ4v) is 4.36. The third-order valence-electron chi connectivity index (χ3n) is 5.56. The zero-order chi connectivity index (χ0) is 21.1. The van der Waals surface area contributed by atoms with Crippen LogP contribution in [0, 0.1) is 19.8 Å². The lowest BCUT2D eigenvalue weighted by atomic mass is 9.96. The molecule has 1 atom stereocenters. The van der Waals surface area contributed by atoms with Crippen molar-refractivity contribution >= 4 is 34.6 Å². The summed E-state index contributed by atoms with van der Waals surface area (Å²) in [5.41, 5.74) is 2.52. The zero-order valence-corrected chi connectivity index (χ0v) is 18.5. The van der Waals surface area contributed by atoms with Crippen LogP contribution in [0.5, 0.6) is 0 Å². The molecule has 1 amide bonds. The molecule has 1 aromatic carbocycles. The number of aromatic nitrogens is 3. The molecule has 2 aromatic heterocycles. The molecule has 0 radical (unpaired) electrons. The highest BCUT2D eigenvalue weighted by Crippen LogP contribution is 2.30. The van der Waals surface area contributed by atoms with Crippen LogP contribution in [0.15, 0.2) is 33.7 Å². The van der Waals surface area contributed by atoms with Gasteiger partial charge >= 0.3 is 0 Å². The van der Waals surface area contributed by atoms with Crippen LogP contribution in [0.3, 0.4) is 0 Å². The number of aryl methyl sites for hydroxylation is 2. The van der Waals surface area contributed by atoms with E-state index in [0.29, 0.717) is 24.6 Å². The quantitative estimate of drug-likeness (QED) is 0.605. The van der Waals surface area contributed by atoms with Gasteiger partial charge in [-0.2, -0.15) is 4.98 Å². The van der Waals surface area contributed by atoms with Crippen LogP contribution in [-0.4, -0.2) is 46.9 Å². The number of thioether (sulfide) groups is 1. The Labute approximate surface area is 180 Å². The molecule has 0 unspecified atom stereocenters. The number of benzene rings is 1. The van der Waals surface area contributed by atoms with Crippen molar-refractivity contribution in [1.29, 1.82) is 0 Å². The third-order valence-corrected chi connectivity index (χ3v) is 6.31. The number of rotatable bonds is 6. The molecule has 3 aromatic rings. The Kier molecular flexibility index (Phi) is 6.22. The number of anilines is 1. The maximum Gasteiger partial charge on any atom is 0.263 e. The van der Waals surface area contributed by atoms with Crippen LogP contribution in [0.4, 0.5) is 5.82 Å². The normalized spacial score (nSPS) is 16.8. The molecule has 158 valence electrons. The molecule has 0 saturated carbocycles. The molecular weight excluding hydrogens is 398 g/mol. The molecule has 8 heteroatoms. The zero-order valence-electron chi connectivity index (χ0n) is 17.6. The Morgan fingerprint density at radius 3 is 2.83 bits per heavy atom. The Hall–Kier alpha value is -2.61. The summed E-state index contributed by atoms with van der Waals surface area (Å²) in [7, 11) is 0. The molecule has 1 aliphatic heterocycles. The van der Waals surface area contributed by atoms with Crippen LogP contribution < -0.4 is 10.2 Å². The summed E-state index contributed by atoms with van der Waals surface area (Å²) in [5, 5.41) is 8.01. The van der Waals surface area contributed by atoms with Gasteiger partial charge in [0.15, 0.2) is 0 Å². The van der Waals surface area contributed by atoms with Crippen molar-refractivity contribution in [2.24, 2.45) is 5.92 Å². The number of amides is 1. The first-order valence-electron chi connectivity index (χ1n) is 10.3. The summed E-state index contributed by atoms with van der Waals surface area (Å²) in [6.07, 6.45) is 4.74. The second-order valence-electron chi connectivity index (χ2n) is 7.72. The average molecular weight is 426 g/mol. The van der Waals surface area contributed by atoms with E-state index in [4.69, 9.17) is 4.52 Å². The van der Waals surface area contributed by atoms with E-state index >= 15 is 0 Å². The molecule has 1 aliphatic rings. The monoisotopic (exact) mass is 425 g/mol. The number of carbonyl (C=O) groups excluding carboxylic acids is 1. The standard InChI is InChI=1S/C22H27N5O2S/c1-14-19-20(24-15(2)25-22(19)29-26-14)27-12-4-5-17(13-27)21(28)23-11-10-16-6-8-18(30-3)9-7-16/h6-9,17H,4-5,10-13H2,1-3H3,(H,23,28)/t17-/m0/s1. The highest BCUT2D eigenvalue weighted by Gasteiger charge is 2.28. The van der Waals surface area contributed by atoms with Crippen LogP contribution >= 0.6 is 11.8 Å². The summed E-state index contributed by atoms with van der Waals surface area (Å²) in [6.45, 7) is 5.90. The maximum absolute atomic E-state index is 12.8. The molecule has 1 N–H and O–H groups in total. The number of nitrogens with one attached hydrogen (secondary N) is 1. The highest BCUT2D eigenvalue weighted by atomic mass is 32.2. The predicted octanol–water partition coefficient (Wildman–Crippen LogP) is 3.53. The van der Waals surface area contributed by atoms with Gasteiger partial charge in [-0.05, 0) is 57.1 Å². The van der Waals surface area contributed by atoms with Crippen LogP contribution in [0.1, 0.15) is 29.9 Å². The summed E-state index contributed by atoms with van der Waals surface area (Å²) in [6, 6.07) is 8.50. The molecule has 1 fully saturated rings. The fraction of sp³-hybridized carbons (Fsp3) is 0.455. The minimum absolute atomic E-state index is 0.0527. The minimum atomic E-state index is -0.0527. The molecule has 0 bridgehead atoms. The van der Waals surface area contributed by atoms with Crippen LogP contribution in [0.2, 0.25) is 0 Å². The molecular formula is C22H27N5O2S. The number of fused-ring (bicyclic) bond motifs is 1. The number of carbonyl (C=O) groups is 1. The first-order chi connectivity index (χ1) is 14.5. The van der Waals surface area contributed by atoms with Crippen molar-refractivity contribution in [3.63, 3.8) is 0 Å². The van der Waals surface area contributed by atoms with Crippen molar-refractivity contribution < 1.29 is 9.32 Å². The lowest BCUT2D eigenvalue weighted by Crippen LogP contribution is -2.44. The van der Waals surface area contributed by atoms with E-state index in [2.05, 4.69) is 55.9 Å². The molecule has 4 rings (SSSR count). The van der Waals surface area contributed by atoms with E-state index in [0.717, 1.165) is 42.7 Å². The fourth-order valence-electron chi connectivity index (χ4n) is 3.95. The number of hydrogen-bond donors (Lipinski definition) is 1. The second kappa shape index (κ2) is 9.04.